The Labute approximate surface area is 293 Å². The number of hydrogen-bond donors (Lipinski definition) is 2. The van der Waals surface area contributed by atoms with E-state index in [0.717, 1.165) is 53.3 Å². The first-order chi connectivity index (χ1) is 24.3. The molecule has 1 aromatic heterocycles. The zero-order valence-corrected chi connectivity index (χ0v) is 28.5. The van der Waals surface area contributed by atoms with Gasteiger partial charge in [0.15, 0.2) is 6.10 Å². The van der Waals surface area contributed by atoms with Crippen molar-refractivity contribution in [3.8, 4) is 0 Å². The number of hydrogen-bond acceptors (Lipinski definition) is 6. The number of nitrogens with one attached hydrogen (secondary N) is 1. The molecule has 0 unspecified atom stereocenters. The molecule has 1 fully saturated rings. The number of aromatic amines is 1. The highest BCUT2D eigenvalue weighted by atomic mass is 32.2. The van der Waals surface area contributed by atoms with Gasteiger partial charge in [0.2, 0.25) is 10.0 Å². The highest BCUT2D eigenvalue weighted by Crippen LogP contribution is 2.52. The summed E-state index contributed by atoms with van der Waals surface area (Å²) >= 11 is 0. The van der Waals surface area contributed by atoms with E-state index in [0.29, 0.717) is 42.9 Å². The van der Waals surface area contributed by atoms with E-state index >= 15 is 0 Å². The summed E-state index contributed by atoms with van der Waals surface area (Å²) in [7, 11) is -3.47. The maximum Gasteiger partial charge on any atom is 0.416 e. The van der Waals surface area contributed by atoms with E-state index in [1.807, 2.05) is 54.6 Å². The van der Waals surface area contributed by atoms with Crippen LogP contribution in [0.2, 0.25) is 0 Å². The second kappa shape index (κ2) is 13.5. The topological polar surface area (TPSA) is 124 Å². The van der Waals surface area contributed by atoms with Crippen LogP contribution in [-0.2, 0) is 45.1 Å². The minimum Gasteiger partial charge on any atom is -0.378 e. The molecule has 1 atom stereocenters. The summed E-state index contributed by atoms with van der Waals surface area (Å²) in [6.45, 7) is 0.747. The number of aliphatic hydroxyl groups excluding tert-OH is 1. The Morgan fingerprint density at radius 2 is 1.75 bits per heavy atom. The van der Waals surface area contributed by atoms with Crippen molar-refractivity contribution in [1.29, 1.82) is 0 Å². The van der Waals surface area contributed by atoms with Gasteiger partial charge in [0.1, 0.15) is 5.82 Å². The Bertz CT molecular complexity index is 2160. The summed E-state index contributed by atoms with van der Waals surface area (Å²) in [6, 6.07) is 21.2. The van der Waals surface area contributed by atoms with E-state index in [1.165, 1.54) is 15.3 Å². The number of aliphatic hydroxyl groups is 1. The smallest absolute Gasteiger partial charge is 0.378 e. The molecule has 0 spiro atoms. The average Bonchev–Trinajstić information content (AvgIpc) is 3.96. The highest BCUT2D eigenvalue weighted by Gasteiger charge is 2.49. The minimum absolute atomic E-state index is 0.0445. The van der Waals surface area contributed by atoms with Crippen LogP contribution in [0.15, 0.2) is 89.7 Å². The van der Waals surface area contributed by atoms with E-state index < -0.39 is 44.7 Å². The average molecular weight is 719 g/mol. The van der Waals surface area contributed by atoms with Crippen LogP contribution in [-0.4, -0.2) is 58.2 Å². The fourth-order valence-corrected chi connectivity index (χ4v) is 8.55. The summed E-state index contributed by atoms with van der Waals surface area (Å²) in [5.41, 5.74) is 2.63. The zero-order chi connectivity index (χ0) is 36.0. The van der Waals surface area contributed by atoms with E-state index in [-0.39, 0.29) is 31.0 Å². The van der Waals surface area contributed by atoms with Crippen molar-refractivity contribution >= 4 is 21.5 Å². The number of carbonyl (C=O) groups is 1. The molecule has 13 heteroatoms. The van der Waals surface area contributed by atoms with Gasteiger partial charge < -0.3 is 15.0 Å². The lowest BCUT2D eigenvalue weighted by molar-refractivity contribution is -0.142. The molecule has 3 aromatic carbocycles. The maximum atomic E-state index is 13.6. The Morgan fingerprint density at radius 3 is 2.45 bits per heavy atom. The molecule has 2 aliphatic heterocycles. The SMILES string of the molecule is O=C([C@H](O)c1cccc(C(F)(F)F)c1)N1CCCc2nc(C3(c4cccc(C5=CCN(S(=O)(=O)Cc6ccccc6)CC5)c4)CC3)[nH]c(=O)c2C1. The Hall–Kier alpha value is -4.59. The predicted octanol–water partition coefficient (Wildman–Crippen LogP) is 5.50. The fraction of sp³-hybridized carbons (Fsp3) is 0.342. The molecule has 0 radical (unpaired) electrons. The van der Waals surface area contributed by atoms with E-state index in [4.69, 9.17) is 4.98 Å². The molecule has 7 rings (SSSR count). The number of aryl methyl sites for hydroxylation is 1. The second-order valence-electron chi connectivity index (χ2n) is 13.5. The molecule has 1 aliphatic carbocycles. The molecule has 1 amide bonds. The van der Waals surface area contributed by atoms with Crippen LogP contribution in [0, 0.1) is 0 Å². The van der Waals surface area contributed by atoms with Gasteiger partial charge in [0, 0.05) is 19.6 Å². The maximum absolute atomic E-state index is 13.6. The van der Waals surface area contributed by atoms with Gasteiger partial charge in [-0.1, -0.05) is 72.8 Å². The van der Waals surface area contributed by atoms with Gasteiger partial charge in [-0.15, -0.1) is 0 Å². The van der Waals surface area contributed by atoms with Crippen molar-refractivity contribution in [2.45, 2.75) is 62.1 Å². The predicted molar refractivity (Wildman–Crippen MR) is 185 cm³/mol. The van der Waals surface area contributed by atoms with Gasteiger partial charge >= 0.3 is 6.18 Å². The first-order valence-corrected chi connectivity index (χ1v) is 18.5. The van der Waals surface area contributed by atoms with Crippen LogP contribution in [0.5, 0.6) is 0 Å². The summed E-state index contributed by atoms with van der Waals surface area (Å²) in [5, 5.41) is 10.8. The number of carbonyl (C=O) groups excluding carboxylic acids is 1. The molecule has 3 aliphatic rings. The number of alkyl halides is 3. The van der Waals surface area contributed by atoms with Crippen LogP contribution in [0.1, 0.15) is 76.7 Å². The number of fused-ring (bicyclic) bond motifs is 1. The second-order valence-corrected chi connectivity index (χ2v) is 15.4. The first-order valence-electron chi connectivity index (χ1n) is 16.9. The van der Waals surface area contributed by atoms with Gasteiger partial charge in [0.05, 0.1) is 34.5 Å². The molecule has 266 valence electrons. The summed E-state index contributed by atoms with van der Waals surface area (Å²) < 4.78 is 67.4. The van der Waals surface area contributed by atoms with Crippen molar-refractivity contribution in [3.05, 3.63) is 140 Å². The van der Waals surface area contributed by atoms with Crippen molar-refractivity contribution in [2.75, 3.05) is 19.6 Å². The number of amides is 1. The van der Waals surface area contributed by atoms with Crippen molar-refractivity contribution in [1.82, 2.24) is 19.2 Å². The number of benzene rings is 3. The molecule has 2 N–H and O–H groups in total. The summed E-state index contributed by atoms with van der Waals surface area (Å²) in [5.74, 6) is -0.282. The number of rotatable bonds is 8. The molecule has 1 saturated carbocycles. The van der Waals surface area contributed by atoms with E-state index in [2.05, 4.69) is 11.1 Å². The molecular weight excluding hydrogens is 682 g/mol. The van der Waals surface area contributed by atoms with Crippen molar-refractivity contribution in [3.63, 3.8) is 0 Å². The lowest BCUT2D eigenvalue weighted by Gasteiger charge is -2.26. The van der Waals surface area contributed by atoms with Crippen molar-refractivity contribution in [2.24, 2.45) is 0 Å². The lowest BCUT2D eigenvalue weighted by atomic mass is 9.90. The van der Waals surface area contributed by atoms with Gasteiger partial charge in [-0.3, -0.25) is 9.59 Å². The Morgan fingerprint density at radius 1 is 0.980 bits per heavy atom. The molecule has 51 heavy (non-hydrogen) atoms. The fourth-order valence-electron chi connectivity index (χ4n) is 7.08. The number of sulfonamides is 1. The first kappa shape index (κ1) is 34.8. The third-order valence-corrected chi connectivity index (χ3v) is 11.9. The monoisotopic (exact) mass is 718 g/mol. The minimum atomic E-state index is -4.62. The summed E-state index contributed by atoms with van der Waals surface area (Å²) in [6.07, 6.45) is -1.49. The van der Waals surface area contributed by atoms with E-state index in [1.54, 1.807) is 0 Å². The normalized spacial score (nSPS) is 18.4. The molecule has 3 heterocycles. The molecule has 4 aromatic rings. The lowest BCUT2D eigenvalue weighted by Crippen LogP contribution is -2.36. The van der Waals surface area contributed by atoms with Crippen LogP contribution in [0.25, 0.3) is 5.57 Å². The van der Waals surface area contributed by atoms with Gasteiger partial charge in [-0.05, 0) is 72.1 Å². The molecule has 0 bridgehead atoms. The van der Waals surface area contributed by atoms with E-state index in [9.17, 15) is 36.3 Å². The standard InChI is InChI=1S/C38H37F3N4O5S/c39-38(40,41)30-12-5-10-28(22-30)33(46)35(48)44-18-6-13-32-31(23-44)34(47)43-36(42-32)37(16-17-37)29-11-4-9-27(21-29)26-14-19-45(20-15-26)51(49,50)24-25-7-2-1-3-8-25/h1-5,7-12,14,21-22,33,46H,6,13,15-20,23-24H2,(H,42,43,47)/t33-/m1/s1. The summed E-state index contributed by atoms with van der Waals surface area (Å²) in [4.78, 5) is 36.0. The zero-order valence-electron chi connectivity index (χ0n) is 27.7. The van der Waals surface area contributed by atoms with Crippen LogP contribution >= 0.6 is 0 Å². The Balaban J connectivity index is 1.08. The number of H-pyrrole nitrogens is 1. The molecule has 9 nitrogen and oxygen atoms in total. The van der Waals surface area contributed by atoms with Crippen LogP contribution in [0.3, 0.4) is 0 Å². The third-order valence-electron chi connectivity index (χ3n) is 10.1. The molecule has 0 saturated heterocycles. The van der Waals surface area contributed by atoms with Crippen LogP contribution < -0.4 is 5.56 Å². The van der Waals surface area contributed by atoms with Crippen LogP contribution in [0.4, 0.5) is 13.2 Å². The number of nitrogens with zero attached hydrogens (tertiary/aromatic N) is 3. The Kier molecular flexibility index (Phi) is 9.23. The number of aromatic nitrogens is 2. The van der Waals surface area contributed by atoms with Gasteiger partial charge in [-0.2, -0.15) is 17.5 Å². The quantitative estimate of drug-likeness (QED) is 0.248. The van der Waals surface area contributed by atoms with Gasteiger partial charge in [-0.25, -0.2) is 13.4 Å². The van der Waals surface area contributed by atoms with Gasteiger partial charge in [0.25, 0.3) is 11.5 Å². The largest absolute Gasteiger partial charge is 0.416 e. The van der Waals surface area contributed by atoms with Crippen molar-refractivity contribution < 1.29 is 31.5 Å². The third kappa shape index (κ3) is 7.15. The highest BCUT2D eigenvalue weighted by molar-refractivity contribution is 7.88. The number of halogens is 3. The molecular formula is C38H37F3N4O5S.